The standard InChI is InChI=1S/C22H25BN6O2S/c1-23(31)29-13-11-28(12-14-29)19-8-9-24-15-18(19)27-22(30)17-7-10-25-21(26-17)16-5-3-4-6-20(16)32-2/h3-10,15,31H,11-14H2,1-2H3,(H,27,30). The molecule has 164 valence electrons. The molecule has 0 spiro atoms. The maximum absolute atomic E-state index is 13.0. The number of carbonyl (C=O) groups is 1. The van der Waals surface area contributed by atoms with E-state index >= 15 is 0 Å². The minimum Gasteiger partial charge on any atom is -0.437 e. The predicted molar refractivity (Wildman–Crippen MR) is 129 cm³/mol. The SMILES string of the molecule is CSc1ccccc1-c1nccc(C(=O)Nc2cnccc2N2CCN(B(C)O)CC2)n1. The molecule has 32 heavy (non-hydrogen) atoms. The highest BCUT2D eigenvalue weighted by Crippen LogP contribution is 2.28. The monoisotopic (exact) mass is 448 g/mol. The van der Waals surface area contributed by atoms with Gasteiger partial charge in [0.25, 0.3) is 5.91 Å². The van der Waals surface area contributed by atoms with E-state index in [9.17, 15) is 9.82 Å². The quantitative estimate of drug-likeness (QED) is 0.439. The van der Waals surface area contributed by atoms with Crippen molar-refractivity contribution < 1.29 is 9.82 Å². The van der Waals surface area contributed by atoms with E-state index in [1.54, 1.807) is 43.2 Å². The van der Waals surface area contributed by atoms with Crippen LogP contribution in [-0.4, -0.2) is 70.2 Å². The zero-order valence-electron chi connectivity index (χ0n) is 18.1. The van der Waals surface area contributed by atoms with E-state index in [-0.39, 0.29) is 5.91 Å². The summed E-state index contributed by atoms with van der Waals surface area (Å²) >= 11 is 1.61. The number of nitrogens with one attached hydrogen (secondary N) is 1. The van der Waals surface area contributed by atoms with Crippen LogP contribution in [0, 0.1) is 0 Å². The van der Waals surface area contributed by atoms with Gasteiger partial charge in [0, 0.05) is 49.0 Å². The van der Waals surface area contributed by atoms with Gasteiger partial charge in [0.05, 0.1) is 17.6 Å². The Hall–Kier alpha value is -2.95. The van der Waals surface area contributed by atoms with Crippen molar-refractivity contribution in [2.24, 2.45) is 0 Å². The van der Waals surface area contributed by atoms with Gasteiger partial charge >= 0.3 is 7.05 Å². The van der Waals surface area contributed by atoms with Crippen LogP contribution in [0.4, 0.5) is 11.4 Å². The second-order valence-electron chi connectivity index (χ2n) is 7.47. The van der Waals surface area contributed by atoms with Gasteiger partial charge in [0.15, 0.2) is 5.82 Å². The largest absolute Gasteiger partial charge is 0.437 e. The Morgan fingerprint density at radius 3 is 2.66 bits per heavy atom. The van der Waals surface area contributed by atoms with Crippen molar-refractivity contribution in [1.82, 2.24) is 19.8 Å². The highest BCUT2D eigenvalue weighted by molar-refractivity contribution is 7.98. The van der Waals surface area contributed by atoms with Crippen LogP contribution < -0.4 is 10.2 Å². The minimum absolute atomic E-state index is 0.291. The van der Waals surface area contributed by atoms with Gasteiger partial charge in [-0.2, -0.15) is 0 Å². The second kappa shape index (κ2) is 10.1. The number of carbonyl (C=O) groups excluding carboxylic acids is 1. The first-order valence-corrected chi connectivity index (χ1v) is 11.7. The van der Waals surface area contributed by atoms with Crippen LogP contribution in [0.15, 0.2) is 59.9 Å². The number of hydrogen-bond acceptors (Lipinski definition) is 8. The second-order valence-corrected chi connectivity index (χ2v) is 8.32. The first-order chi connectivity index (χ1) is 15.6. The third kappa shape index (κ3) is 4.93. The maximum Gasteiger partial charge on any atom is 0.376 e. The molecule has 0 saturated carbocycles. The first kappa shape index (κ1) is 22.3. The van der Waals surface area contributed by atoms with Gasteiger partial charge in [-0.1, -0.05) is 18.2 Å². The van der Waals surface area contributed by atoms with Crippen LogP contribution in [-0.2, 0) is 0 Å². The summed E-state index contributed by atoms with van der Waals surface area (Å²) < 4.78 is 0. The van der Waals surface area contributed by atoms with Crippen LogP contribution >= 0.6 is 11.8 Å². The fourth-order valence-electron chi connectivity index (χ4n) is 3.73. The van der Waals surface area contributed by atoms with Gasteiger partial charge in [-0.3, -0.25) is 9.78 Å². The zero-order valence-corrected chi connectivity index (χ0v) is 18.9. The molecule has 0 bridgehead atoms. The highest BCUT2D eigenvalue weighted by atomic mass is 32.2. The van der Waals surface area contributed by atoms with Gasteiger partial charge < -0.3 is 20.1 Å². The zero-order chi connectivity index (χ0) is 22.5. The van der Waals surface area contributed by atoms with E-state index in [2.05, 4.69) is 25.2 Å². The molecule has 1 aliphatic rings. The first-order valence-electron chi connectivity index (χ1n) is 10.5. The lowest BCUT2D eigenvalue weighted by atomic mass is 9.84. The van der Waals surface area contributed by atoms with Crippen LogP contribution in [0.25, 0.3) is 11.4 Å². The average molecular weight is 448 g/mol. The van der Waals surface area contributed by atoms with E-state index < -0.39 is 7.05 Å². The van der Waals surface area contributed by atoms with Crippen molar-refractivity contribution in [1.29, 1.82) is 0 Å². The molecule has 1 fully saturated rings. The van der Waals surface area contributed by atoms with E-state index in [0.717, 1.165) is 42.3 Å². The number of rotatable bonds is 6. The van der Waals surface area contributed by atoms with E-state index in [4.69, 9.17) is 0 Å². The fraction of sp³-hybridized carbons (Fsp3) is 0.273. The minimum atomic E-state index is -0.461. The molecule has 1 amide bonds. The Bertz CT molecular complexity index is 1090. The van der Waals surface area contributed by atoms with Crippen LogP contribution in [0.5, 0.6) is 0 Å². The predicted octanol–water partition coefficient (Wildman–Crippen LogP) is 2.75. The number of benzene rings is 1. The molecule has 2 aromatic heterocycles. The third-order valence-corrected chi connectivity index (χ3v) is 6.26. The number of nitrogens with zero attached hydrogens (tertiary/aromatic N) is 5. The highest BCUT2D eigenvalue weighted by Gasteiger charge is 2.24. The van der Waals surface area contributed by atoms with Gasteiger partial charge in [-0.25, -0.2) is 9.97 Å². The Morgan fingerprint density at radius 1 is 1.12 bits per heavy atom. The number of anilines is 2. The number of hydrogen-bond donors (Lipinski definition) is 2. The summed E-state index contributed by atoms with van der Waals surface area (Å²) in [6.07, 6.45) is 6.97. The topological polar surface area (TPSA) is 94.5 Å². The van der Waals surface area contributed by atoms with Crippen molar-refractivity contribution in [3.05, 3.63) is 60.7 Å². The normalized spacial score (nSPS) is 14.3. The summed E-state index contributed by atoms with van der Waals surface area (Å²) in [7, 11) is -0.461. The van der Waals surface area contributed by atoms with E-state index in [1.807, 2.05) is 41.4 Å². The van der Waals surface area contributed by atoms with Gasteiger partial charge in [0.2, 0.25) is 0 Å². The van der Waals surface area contributed by atoms with Crippen molar-refractivity contribution in [3.8, 4) is 11.4 Å². The summed E-state index contributed by atoms with van der Waals surface area (Å²) in [5.41, 5.74) is 2.72. The summed E-state index contributed by atoms with van der Waals surface area (Å²) in [6, 6.07) is 11.4. The molecule has 0 atom stereocenters. The number of aromatic nitrogens is 3. The molecule has 1 aromatic carbocycles. The lowest BCUT2D eigenvalue weighted by Gasteiger charge is -2.37. The van der Waals surface area contributed by atoms with Gasteiger partial charge in [-0.05, 0) is 31.3 Å². The van der Waals surface area contributed by atoms with E-state index in [1.165, 1.54) is 0 Å². The summed E-state index contributed by atoms with van der Waals surface area (Å²) in [5, 5.41) is 12.8. The lowest BCUT2D eigenvalue weighted by molar-refractivity contribution is 0.102. The molecule has 0 unspecified atom stereocenters. The van der Waals surface area contributed by atoms with Crippen LogP contribution in [0.1, 0.15) is 10.5 Å². The molecule has 8 nitrogen and oxygen atoms in total. The summed E-state index contributed by atoms with van der Waals surface area (Å²) in [6.45, 7) is 4.78. The average Bonchev–Trinajstić information content (AvgIpc) is 2.84. The number of pyridine rings is 1. The van der Waals surface area contributed by atoms with Crippen molar-refractivity contribution in [2.45, 2.75) is 11.7 Å². The number of piperazine rings is 1. The summed E-state index contributed by atoms with van der Waals surface area (Å²) in [5.74, 6) is 0.204. The molecular formula is C22H25BN6O2S. The van der Waals surface area contributed by atoms with Crippen LogP contribution in [0.3, 0.4) is 0 Å². The molecule has 0 aliphatic carbocycles. The van der Waals surface area contributed by atoms with Crippen LogP contribution in [0.2, 0.25) is 6.82 Å². The molecule has 4 rings (SSSR count). The number of thioether (sulfide) groups is 1. The Morgan fingerprint density at radius 2 is 1.91 bits per heavy atom. The smallest absolute Gasteiger partial charge is 0.376 e. The maximum atomic E-state index is 13.0. The molecular weight excluding hydrogens is 423 g/mol. The molecule has 10 heteroatoms. The third-order valence-electron chi connectivity index (χ3n) is 5.47. The van der Waals surface area contributed by atoms with Crippen molar-refractivity contribution >= 4 is 36.1 Å². The lowest BCUT2D eigenvalue weighted by Crippen LogP contribution is -2.51. The Balaban J connectivity index is 1.53. The molecule has 0 radical (unpaired) electrons. The van der Waals surface area contributed by atoms with Crippen molar-refractivity contribution in [3.63, 3.8) is 0 Å². The van der Waals surface area contributed by atoms with Crippen molar-refractivity contribution in [2.75, 3.05) is 42.7 Å². The Labute approximate surface area is 192 Å². The molecule has 1 aliphatic heterocycles. The molecule has 1 saturated heterocycles. The number of amides is 1. The summed E-state index contributed by atoms with van der Waals surface area (Å²) in [4.78, 5) is 31.4. The van der Waals surface area contributed by atoms with E-state index in [0.29, 0.717) is 17.2 Å². The fourth-order valence-corrected chi connectivity index (χ4v) is 4.32. The Kier molecular flexibility index (Phi) is 7.04. The van der Waals surface area contributed by atoms with Gasteiger partial charge in [-0.15, -0.1) is 11.8 Å². The van der Waals surface area contributed by atoms with Gasteiger partial charge in [0.1, 0.15) is 5.69 Å². The molecule has 3 heterocycles. The molecule has 2 N–H and O–H groups in total. The molecule has 3 aromatic rings.